The lowest BCUT2D eigenvalue weighted by atomic mass is 9.91. The number of carbonyl (C=O) groups excluding carboxylic acids is 3. The molecule has 0 spiro atoms. The zero-order chi connectivity index (χ0) is 19.6. The average Bonchev–Trinajstić information content (AvgIpc) is 3.15. The van der Waals surface area contributed by atoms with E-state index < -0.39 is 34.0 Å². The van der Waals surface area contributed by atoms with Crippen molar-refractivity contribution in [2.75, 3.05) is 12.0 Å². The number of benzene rings is 2. The van der Waals surface area contributed by atoms with Crippen molar-refractivity contribution in [3.05, 3.63) is 64.7 Å². The molecule has 2 aliphatic rings. The van der Waals surface area contributed by atoms with Crippen LogP contribution in [0.5, 0.6) is 0 Å². The first-order valence-electron chi connectivity index (χ1n) is 8.28. The Labute approximate surface area is 165 Å². The third-order valence-electron chi connectivity index (χ3n) is 5.40. The van der Waals surface area contributed by atoms with E-state index in [1.165, 1.54) is 7.11 Å². The Bertz CT molecular complexity index is 972. The fourth-order valence-electron chi connectivity index (χ4n) is 4.06. The standard InChI is InChI=1S/C20H15Cl2NO4/c1-11-3-9-14(10-4-11)23-16(24)15-19(17(23)25,20(15,22)18(26)27-2)12-5-7-13(21)8-6-12/h3-10,15H,1-2H3/t15-,19+,20-/m0/s1. The highest BCUT2D eigenvalue weighted by molar-refractivity contribution is 6.50. The molecule has 1 heterocycles. The van der Waals surface area contributed by atoms with Crippen LogP contribution in [0.15, 0.2) is 48.5 Å². The predicted octanol–water partition coefficient (Wildman–Crippen LogP) is 3.24. The van der Waals surface area contributed by atoms with Crippen molar-refractivity contribution in [1.29, 1.82) is 0 Å². The van der Waals surface area contributed by atoms with Gasteiger partial charge < -0.3 is 4.74 Å². The molecule has 0 radical (unpaired) electrons. The van der Waals surface area contributed by atoms with E-state index >= 15 is 0 Å². The van der Waals surface area contributed by atoms with Gasteiger partial charge in [-0.25, -0.2) is 4.90 Å². The van der Waals surface area contributed by atoms with Gasteiger partial charge in [-0.05, 0) is 36.8 Å². The molecule has 7 heteroatoms. The van der Waals surface area contributed by atoms with Gasteiger partial charge in [0.05, 0.1) is 18.7 Å². The maximum Gasteiger partial charge on any atom is 0.329 e. The summed E-state index contributed by atoms with van der Waals surface area (Å²) in [4.78, 5) is 38.3. The van der Waals surface area contributed by atoms with Crippen LogP contribution in [0.4, 0.5) is 5.69 Å². The van der Waals surface area contributed by atoms with Crippen LogP contribution in [-0.4, -0.2) is 29.8 Å². The summed E-state index contributed by atoms with van der Waals surface area (Å²) in [6.45, 7) is 1.91. The molecule has 0 bridgehead atoms. The van der Waals surface area contributed by atoms with Gasteiger partial charge in [0.2, 0.25) is 11.8 Å². The van der Waals surface area contributed by atoms with Crippen molar-refractivity contribution in [2.24, 2.45) is 5.92 Å². The van der Waals surface area contributed by atoms with Gasteiger partial charge in [0, 0.05) is 5.02 Å². The molecule has 1 saturated heterocycles. The topological polar surface area (TPSA) is 63.7 Å². The second-order valence-electron chi connectivity index (χ2n) is 6.77. The fraction of sp³-hybridized carbons (Fsp3) is 0.250. The molecule has 2 fully saturated rings. The SMILES string of the molecule is COC(=O)[C@@]1(Cl)[C@H]2C(=O)N(c3ccc(C)cc3)C(=O)[C@@]21c1ccc(Cl)cc1. The number of hydrogen-bond acceptors (Lipinski definition) is 4. The molecule has 2 aromatic carbocycles. The van der Waals surface area contributed by atoms with Crippen molar-refractivity contribution < 1.29 is 19.1 Å². The number of nitrogens with zero attached hydrogens (tertiary/aromatic N) is 1. The molecular weight excluding hydrogens is 389 g/mol. The number of esters is 1. The molecular formula is C20H15Cl2NO4. The Balaban J connectivity index is 1.87. The average molecular weight is 404 g/mol. The van der Waals surface area contributed by atoms with Crippen LogP contribution in [0.3, 0.4) is 0 Å². The Kier molecular flexibility index (Phi) is 3.88. The van der Waals surface area contributed by atoms with Gasteiger partial charge >= 0.3 is 5.97 Å². The van der Waals surface area contributed by atoms with Crippen molar-refractivity contribution in [3.63, 3.8) is 0 Å². The largest absolute Gasteiger partial charge is 0.468 e. The number of carbonyl (C=O) groups is 3. The number of rotatable bonds is 3. The Hall–Kier alpha value is -2.37. The van der Waals surface area contributed by atoms with Gasteiger partial charge in [-0.1, -0.05) is 41.4 Å². The summed E-state index contributed by atoms with van der Waals surface area (Å²) in [7, 11) is 1.18. The van der Waals surface area contributed by atoms with Crippen LogP contribution in [-0.2, 0) is 24.5 Å². The number of piperidine rings is 1. The van der Waals surface area contributed by atoms with E-state index in [1.807, 2.05) is 19.1 Å². The number of ether oxygens (including phenoxy) is 1. The monoisotopic (exact) mass is 403 g/mol. The van der Waals surface area contributed by atoms with Crippen LogP contribution in [0.25, 0.3) is 0 Å². The summed E-state index contributed by atoms with van der Waals surface area (Å²) in [5, 5.41) is 0.470. The minimum atomic E-state index is -1.76. The van der Waals surface area contributed by atoms with Crippen LogP contribution in [0.1, 0.15) is 11.1 Å². The van der Waals surface area contributed by atoms with E-state index in [2.05, 4.69) is 0 Å². The zero-order valence-corrected chi connectivity index (χ0v) is 16.0. The second-order valence-corrected chi connectivity index (χ2v) is 7.80. The van der Waals surface area contributed by atoms with E-state index in [-0.39, 0.29) is 0 Å². The second kappa shape index (κ2) is 5.81. The summed E-state index contributed by atoms with van der Waals surface area (Å²) in [5.74, 6) is -2.88. The summed E-state index contributed by atoms with van der Waals surface area (Å²) in [6, 6.07) is 13.4. The summed E-state index contributed by atoms with van der Waals surface area (Å²) in [6.07, 6.45) is 0. The normalized spacial score (nSPS) is 28.9. The van der Waals surface area contributed by atoms with E-state index in [9.17, 15) is 14.4 Å². The molecule has 1 aliphatic heterocycles. The number of hydrogen-bond donors (Lipinski definition) is 0. The van der Waals surface area contributed by atoms with Gasteiger partial charge in [-0.2, -0.15) is 0 Å². The molecule has 138 valence electrons. The third-order valence-corrected chi connectivity index (χ3v) is 6.33. The molecule has 1 saturated carbocycles. The maximum absolute atomic E-state index is 13.5. The fourth-order valence-corrected chi connectivity index (χ4v) is 4.76. The Morgan fingerprint density at radius 3 is 2.22 bits per heavy atom. The lowest BCUT2D eigenvalue weighted by molar-refractivity contribution is -0.144. The highest BCUT2D eigenvalue weighted by Crippen LogP contribution is 2.72. The Morgan fingerprint density at radius 1 is 1.07 bits per heavy atom. The molecule has 0 N–H and O–H groups in total. The van der Waals surface area contributed by atoms with Gasteiger partial charge in [0.15, 0.2) is 4.87 Å². The first-order chi connectivity index (χ1) is 12.8. The first-order valence-corrected chi connectivity index (χ1v) is 9.04. The highest BCUT2D eigenvalue weighted by atomic mass is 35.5. The molecule has 5 nitrogen and oxygen atoms in total. The first kappa shape index (κ1) is 18.0. The third kappa shape index (κ3) is 2.10. The lowest BCUT2D eigenvalue weighted by Gasteiger charge is -2.25. The van der Waals surface area contributed by atoms with E-state index in [0.717, 1.165) is 10.5 Å². The molecule has 2 amide bonds. The number of fused-ring (bicyclic) bond motifs is 1. The number of anilines is 1. The number of halogens is 2. The van der Waals surface area contributed by atoms with Crippen LogP contribution < -0.4 is 4.90 Å². The van der Waals surface area contributed by atoms with Crippen molar-refractivity contribution in [2.45, 2.75) is 17.2 Å². The molecule has 2 aromatic rings. The minimum Gasteiger partial charge on any atom is -0.468 e. The molecule has 0 aromatic heterocycles. The highest BCUT2D eigenvalue weighted by Gasteiger charge is 2.92. The summed E-state index contributed by atoms with van der Waals surface area (Å²) >= 11 is 12.5. The van der Waals surface area contributed by atoms with E-state index in [4.69, 9.17) is 27.9 Å². The van der Waals surface area contributed by atoms with Crippen molar-refractivity contribution >= 4 is 46.7 Å². The van der Waals surface area contributed by atoms with E-state index in [1.54, 1.807) is 36.4 Å². The summed E-state index contributed by atoms with van der Waals surface area (Å²) < 4.78 is 4.82. The smallest absolute Gasteiger partial charge is 0.329 e. The predicted molar refractivity (Wildman–Crippen MR) is 101 cm³/mol. The van der Waals surface area contributed by atoms with Crippen LogP contribution in [0.2, 0.25) is 5.02 Å². The minimum absolute atomic E-state index is 0.444. The number of imide groups is 1. The van der Waals surface area contributed by atoms with E-state index in [0.29, 0.717) is 16.3 Å². The van der Waals surface area contributed by atoms with Crippen LogP contribution >= 0.6 is 23.2 Å². The van der Waals surface area contributed by atoms with Crippen molar-refractivity contribution in [3.8, 4) is 0 Å². The van der Waals surface area contributed by atoms with Gasteiger partial charge in [0.25, 0.3) is 0 Å². The quantitative estimate of drug-likeness (QED) is 0.448. The van der Waals surface area contributed by atoms with Crippen molar-refractivity contribution in [1.82, 2.24) is 0 Å². The number of methoxy groups -OCH3 is 1. The Morgan fingerprint density at radius 2 is 1.67 bits per heavy atom. The zero-order valence-electron chi connectivity index (χ0n) is 14.5. The lowest BCUT2D eigenvalue weighted by Crippen LogP contribution is -2.46. The molecule has 1 aliphatic carbocycles. The van der Waals surface area contributed by atoms with Crippen LogP contribution in [0, 0.1) is 12.8 Å². The summed E-state index contributed by atoms with van der Waals surface area (Å²) in [5.41, 5.74) is 0.399. The number of aryl methyl sites for hydroxylation is 1. The number of alkyl halides is 1. The molecule has 27 heavy (non-hydrogen) atoms. The maximum atomic E-state index is 13.5. The van der Waals surface area contributed by atoms with Gasteiger partial charge in [-0.15, -0.1) is 11.6 Å². The molecule has 4 rings (SSSR count). The van der Waals surface area contributed by atoms with Gasteiger partial charge in [0.1, 0.15) is 5.41 Å². The van der Waals surface area contributed by atoms with Gasteiger partial charge in [-0.3, -0.25) is 14.4 Å². The molecule has 0 unspecified atom stereocenters. The molecule has 3 atom stereocenters. The number of amides is 2.